The molecule has 0 saturated carbocycles. The number of hydrogen-bond acceptors (Lipinski definition) is 2. The third-order valence-corrected chi connectivity index (χ3v) is 3.28. The van der Waals surface area contributed by atoms with Crippen LogP contribution < -0.4 is 0 Å². The van der Waals surface area contributed by atoms with Gasteiger partial charge in [-0.05, 0) is 30.4 Å². The van der Waals surface area contributed by atoms with Gasteiger partial charge in [0.25, 0.3) is 0 Å². The summed E-state index contributed by atoms with van der Waals surface area (Å²) in [6.07, 6.45) is -0.610. The van der Waals surface area contributed by atoms with Gasteiger partial charge in [0.15, 0.2) is 0 Å². The van der Waals surface area contributed by atoms with Crippen molar-refractivity contribution in [3.05, 3.63) is 35.4 Å². The van der Waals surface area contributed by atoms with Crippen molar-refractivity contribution >= 4 is 0 Å². The fraction of sp³-hybridized carbons (Fsp3) is 0.600. The minimum atomic E-state index is -0.610. The van der Waals surface area contributed by atoms with Crippen molar-refractivity contribution in [2.45, 2.75) is 51.7 Å². The smallest absolute Gasteiger partial charge is 0.107 e. The van der Waals surface area contributed by atoms with E-state index in [2.05, 4.69) is 32.9 Å². The molecule has 0 spiro atoms. The second-order valence-corrected chi connectivity index (χ2v) is 6.08. The molecule has 0 saturated heterocycles. The zero-order valence-electron chi connectivity index (χ0n) is 11.7. The molecule has 1 unspecified atom stereocenters. The van der Waals surface area contributed by atoms with E-state index in [1.807, 2.05) is 26.0 Å². The Morgan fingerprint density at radius 1 is 1.00 bits per heavy atom. The molecular formula is C15H24O2. The Labute approximate surface area is 105 Å². The first-order valence-corrected chi connectivity index (χ1v) is 6.02. The van der Waals surface area contributed by atoms with Gasteiger partial charge < -0.3 is 9.84 Å². The standard InChI is InChI=1S/C15H24O2/c1-14(2,3)12-9-7-11(8-10-12)13(16)15(4,5)17-6/h7-10,13,16H,1-6H3. The molecule has 0 aliphatic heterocycles. The Morgan fingerprint density at radius 3 is 1.82 bits per heavy atom. The number of benzene rings is 1. The number of rotatable bonds is 3. The van der Waals surface area contributed by atoms with Gasteiger partial charge in [0.1, 0.15) is 6.10 Å². The Morgan fingerprint density at radius 2 is 1.47 bits per heavy atom. The van der Waals surface area contributed by atoms with Crippen molar-refractivity contribution in [1.29, 1.82) is 0 Å². The number of methoxy groups -OCH3 is 1. The fourth-order valence-corrected chi connectivity index (χ4v) is 1.68. The molecule has 96 valence electrons. The predicted octanol–water partition coefficient (Wildman–Crippen LogP) is 3.44. The van der Waals surface area contributed by atoms with Crippen LogP contribution in [0.4, 0.5) is 0 Å². The van der Waals surface area contributed by atoms with Crippen molar-refractivity contribution < 1.29 is 9.84 Å². The summed E-state index contributed by atoms with van der Waals surface area (Å²) in [4.78, 5) is 0. The molecule has 0 aliphatic rings. The van der Waals surface area contributed by atoms with E-state index in [0.717, 1.165) is 5.56 Å². The maximum atomic E-state index is 10.2. The molecule has 0 amide bonds. The van der Waals surface area contributed by atoms with Crippen molar-refractivity contribution in [3.63, 3.8) is 0 Å². The first kappa shape index (κ1) is 14.2. The fourth-order valence-electron chi connectivity index (χ4n) is 1.68. The molecule has 0 aliphatic carbocycles. The van der Waals surface area contributed by atoms with Crippen LogP contribution in [0.15, 0.2) is 24.3 Å². The van der Waals surface area contributed by atoms with Crippen LogP contribution in [0.3, 0.4) is 0 Å². The predicted molar refractivity (Wildman–Crippen MR) is 71.2 cm³/mol. The summed E-state index contributed by atoms with van der Waals surface area (Å²) in [5.74, 6) is 0. The molecule has 1 atom stereocenters. The molecule has 17 heavy (non-hydrogen) atoms. The Hall–Kier alpha value is -0.860. The first-order chi connectivity index (χ1) is 7.68. The molecule has 0 radical (unpaired) electrons. The van der Waals surface area contributed by atoms with Crippen LogP contribution >= 0.6 is 0 Å². The van der Waals surface area contributed by atoms with Gasteiger partial charge in [-0.1, -0.05) is 45.0 Å². The van der Waals surface area contributed by atoms with Crippen LogP contribution in [0.25, 0.3) is 0 Å². The summed E-state index contributed by atoms with van der Waals surface area (Å²) in [5, 5.41) is 10.2. The van der Waals surface area contributed by atoms with Gasteiger partial charge in [0.2, 0.25) is 0 Å². The van der Waals surface area contributed by atoms with Crippen molar-refractivity contribution in [2.75, 3.05) is 7.11 Å². The van der Waals surface area contributed by atoms with Crippen LogP contribution in [0, 0.1) is 0 Å². The summed E-state index contributed by atoms with van der Waals surface area (Å²) < 4.78 is 5.30. The van der Waals surface area contributed by atoms with Gasteiger partial charge in [0, 0.05) is 7.11 Å². The molecule has 1 N–H and O–H groups in total. The van der Waals surface area contributed by atoms with Gasteiger partial charge in [-0.25, -0.2) is 0 Å². The van der Waals surface area contributed by atoms with Crippen molar-refractivity contribution in [2.24, 2.45) is 0 Å². The van der Waals surface area contributed by atoms with Gasteiger partial charge in [0.05, 0.1) is 5.60 Å². The lowest BCUT2D eigenvalue weighted by Crippen LogP contribution is -2.31. The number of aliphatic hydroxyl groups excluding tert-OH is 1. The molecular weight excluding hydrogens is 212 g/mol. The molecule has 0 aromatic heterocycles. The van der Waals surface area contributed by atoms with Crippen LogP contribution in [-0.2, 0) is 10.2 Å². The Balaban J connectivity index is 2.96. The summed E-state index contributed by atoms with van der Waals surface area (Å²) in [6, 6.07) is 8.10. The van der Waals surface area contributed by atoms with E-state index >= 15 is 0 Å². The Kier molecular flexibility index (Phi) is 4.00. The average Bonchev–Trinajstić information content (AvgIpc) is 2.27. The van der Waals surface area contributed by atoms with Gasteiger partial charge in [-0.3, -0.25) is 0 Å². The number of ether oxygens (including phenoxy) is 1. The third-order valence-electron chi connectivity index (χ3n) is 3.28. The maximum absolute atomic E-state index is 10.2. The third kappa shape index (κ3) is 3.30. The van der Waals surface area contributed by atoms with E-state index in [4.69, 9.17) is 4.74 Å². The monoisotopic (exact) mass is 236 g/mol. The van der Waals surface area contributed by atoms with E-state index in [9.17, 15) is 5.11 Å². The molecule has 2 heteroatoms. The summed E-state index contributed by atoms with van der Waals surface area (Å²) in [5.41, 5.74) is 1.73. The molecule has 2 nitrogen and oxygen atoms in total. The lowest BCUT2D eigenvalue weighted by atomic mass is 9.85. The summed E-state index contributed by atoms with van der Waals surface area (Å²) >= 11 is 0. The SMILES string of the molecule is COC(C)(C)C(O)c1ccc(C(C)(C)C)cc1. The minimum absolute atomic E-state index is 0.139. The van der Waals surface area contributed by atoms with Crippen LogP contribution in [0.5, 0.6) is 0 Å². The highest BCUT2D eigenvalue weighted by Gasteiger charge is 2.28. The van der Waals surface area contributed by atoms with Crippen LogP contribution in [0.1, 0.15) is 51.8 Å². The number of aliphatic hydroxyl groups is 1. The zero-order chi connectivity index (χ0) is 13.3. The van der Waals surface area contributed by atoms with E-state index in [-0.39, 0.29) is 5.41 Å². The van der Waals surface area contributed by atoms with Crippen molar-refractivity contribution in [3.8, 4) is 0 Å². The van der Waals surface area contributed by atoms with Crippen molar-refractivity contribution in [1.82, 2.24) is 0 Å². The summed E-state index contributed by atoms with van der Waals surface area (Å²) in [7, 11) is 1.62. The number of hydrogen-bond donors (Lipinski definition) is 1. The second kappa shape index (κ2) is 4.79. The normalized spacial score (nSPS) is 14.8. The van der Waals surface area contributed by atoms with Crippen LogP contribution in [-0.4, -0.2) is 17.8 Å². The lowest BCUT2D eigenvalue weighted by molar-refractivity contribution is -0.0793. The largest absolute Gasteiger partial charge is 0.385 e. The minimum Gasteiger partial charge on any atom is -0.385 e. The molecule has 0 fully saturated rings. The molecule has 1 aromatic carbocycles. The molecule has 1 rings (SSSR count). The highest BCUT2D eigenvalue weighted by molar-refractivity contribution is 5.29. The molecule has 1 aromatic rings. The van der Waals surface area contributed by atoms with E-state index in [0.29, 0.717) is 0 Å². The van der Waals surface area contributed by atoms with Gasteiger partial charge >= 0.3 is 0 Å². The Bertz CT molecular complexity index is 358. The molecule has 0 heterocycles. The highest BCUT2D eigenvalue weighted by atomic mass is 16.5. The quantitative estimate of drug-likeness (QED) is 0.871. The average molecular weight is 236 g/mol. The molecule has 0 bridgehead atoms. The summed E-state index contributed by atoms with van der Waals surface area (Å²) in [6.45, 7) is 10.3. The maximum Gasteiger partial charge on any atom is 0.107 e. The lowest BCUT2D eigenvalue weighted by Gasteiger charge is -2.29. The van der Waals surface area contributed by atoms with Crippen LogP contribution in [0.2, 0.25) is 0 Å². The second-order valence-electron chi connectivity index (χ2n) is 6.08. The highest BCUT2D eigenvalue weighted by Crippen LogP contribution is 2.30. The first-order valence-electron chi connectivity index (χ1n) is 6.02. The topological polar surface area (TPSA) is 29.5 Å². The van der Waals surface area contributed by atoms with Gasteiger partial charge in [-0.2, -0.15) is 0 Å². The van der Waals surface area contributed by atoms with E-state index in [1.54, 1.807) is 7.11 Å². The van der Waals surface area contributed by atoms with E-state index < -0.39 is 11.7 Å². The van der Waals surface area contributed by atoms with Gasteiger partial charge in [-0.15, -0.1) is 0 Å². The zero-order valence-corrected chi connectivity index (χ0v) is 11.7. The van der Waals surface area contributed by atoms with E-state index in [1.165, 1.54) is 5.56 Å².